The van der Waals surface area contributed by atoms with Crippen LogP contribution in [0.5, 0.6) is 0 Å². The molecular weight excluding hydrogens is 212 g/mol. The largest absolute Gasteiger partial charge is 0.355 e. The monoisotopic (exact) mass is 240 g/mol. The second-order valence-electron chi connectivity index (χ2n) is 5.26. The molecule has 1 rings (SSSR count). The van der Waals surface area contributed by atoms with Crippen molar-refractivity contribution in [3.05, 3.63) is 0 Å². The zero-order valence-corrected chi connectivity index (χ0v) is 11.4. The van der Waals surface area contributed by atoms with Crippen LogP contribution in [0.3, 0.4) is 0 Å². The second kappa shape index (κ2) is 8.51. The van der Waals surface area contributed by atoms with Crippen molar-refractivity contribution < 1.29 is 4.79 Å². The molecule has 1 amide bonds. The predicted molar refractivity (Wildman–Crippen MR) is 72.0 cm³/mol. The molecule has 1 aliphatic carbocycles. The smallest absolute Gasteiger partial charge is 0.236 e. The van der Waals surface area contributed by atoms with Crippen molar-refractivity contribution in [2.75, 3.05) is 13.1 Å². The Hall–Kier alpha value is -0.570. The Kier molecular flexibility index (Phi) is 7.25. The van der Waals surface area contributed by atoms with Crippen molar-refractivity contribution in [1.82, 2.24) is 10.6 Å². The van der Waals surface area contributed by atoms with E-state index >= 15 is 0 Å². The first kappa shape index (κ1) is 14.5. The van der Waals surface area contributed by atoms with Gasteiger partial charge in [0.05, 0.1) is 6.04 Å². The molecule has 2 N–H and O–H groups in total. The van der Waals surface area contributed by atoms with Crippen molar-refractivity contribution in [3.63, 3.8) is 0 Å². The highest BCUT2D eigenvalue weighted by Crippen LogP contribution is 2.33. The van der Waals surface area contributed by atoms with Crippen molar-refractivity contribution in [1.29, 1.82) is 0 Å². The molecule has 0 aliphatic heterocycles. The lowest BCUT2D eigenvalue weighted by atomic mass is 10.2. The maximum atomic E-state index is 11.7. The number of carbonyl (C=O) groups excluding carboxylic acids is 1. The van der Waals surface area contributed by atoms with E-state index in [0.717, 1.165) is 25.4 Å². The molecule has 0 aromatic carbocycles. The fourth-order valence-corrected chi connectivity index (χ4v) is 1.95. The van der Waals surface area contributed by atoms with E-state index in [1.54, 1.807) is 0 Å². The van der Waals surface area contributed by atoms with Crippen molar-refractivity contribution in [2.45, 2.75) is 64.8 Å². The van der Waals surface area contributed by atoms with Gasteiger partial charge < -0.3 is 10.6 Å². The number of rotatable bonds is 10. The van der Waals surface area contributed by atoms with Crippen LogP contribution >= 0.6 is 0 Å². The number of unbranched alkanes of at least 4 members (excludes halogenated alkanes) is 2. The fraction of sp³-hybridized carbons (Fsp3) is 0.929. The topological polar surface area (TPSA) is 41.1 Å². The van der Waals surface area contributed by atoms with Crippen LogP contribution in [0, 0.1) is 5.92 Å². The van der Waals surface area contributed by atoms with E-state index in [1.165, 1.54) is 38.5 Å². The summed E-state index contributed by atoms with van der Waals surface area (Å²) in [5.74, 6) is 1.14. The van der Waals surface area contributed by atoms with Gasteiger partial charge in [0.1, 0.15) is 0 Å². The van der Waals surface area contributed by atoms with Gasteiger partial charge in [0.2, 0.25) is 5.91 Å². The molecule has 1 aliphatic rings. The van der Waals surface area contributed by atoms with E-state index in [2.05, 4.69) is 17.6 Å². The van der Waals surface area contributed by atoms with E-state index in [-0.39, 0.29) is 11.9 Å². The Morgan fingerprint density at radius 1 is 1.24 bits per heavy atom. The van der Waals surface area contributed by atoms with E-state index < -0.39 is 0 Å². The molecule has 0 aromatic rings. The van der Waals surface area contributed by atoms with Gasteiger partial charge in [0, 0.05) is 6.54 Å². The number of carbonyl (C=O) groups is 1. The summed E-state index contributed by atoms with van der Waals surface area (Å²) in [5, 5.41) is 6.27. The minimum absolute atomic E-state index is 0.0455. The van der Waals surface area contributed by atoms with E-state index in [4.69, 9.17) is 0 Å². The first-order chi connectivity index (χ1) is 8.24. The van der Waals surface area contributed by atoms with Crippen LogP contribution in [0.2, 0.25) is 0 Å². The van der Waals surface area contributed by atoms with Gasteiger partial charge in [0.25, 0.3) is 0 Å². The fourth-order valence-electron chi connectivity index (χ4n) is 1.95. The van der Waals surface area contributed by atoms with Crippen molar-refractivity contribution in [2.24, 2.45) is 5.92 Å². The quantitative estimate of drug-likeness (QED) is 0.576. The zero-order valence-electron chi connectivity index (χ0n) is 11.4. The summed E-state index contributed by atoms with van der Waals surface area (Å²) < 4.78 is 0. The number of amides is 1. The molecule has 100 valence electrons. The summed E-state index contributed by atoms with van der Waals surface area (Å²) in [7, 11) is 0. The SMILES string of the molecule is CCCCCNC(=O)C(C)NCCCC1CC1. The van der Waals surface area contributed by atoms with Crippen LogP contribution < -0.4 is 10.6 Å². The van der Waals surface area contributed by atoms with Crippen LogP contribution in [-0.4, -0.2) is 25.0 Å². The molecule has 0 bridgehead atoms. The predicted octanol–water partition coefficient (Wildman–Crippen LogP) is 2.46. The Morgan fingerprint density at radius 2 is 2.00 bits per heavy atom. The van der Waals surface area contributed by atoms with Gasteiger partial charge in [-0.1, -0.05) is 32.6 Å². The maximum Gasteiger partial charge on any atom is 0.236 e. The first-order valence-corrected chi connectivity index (χ1v) is 7.25. The summed E-state index contributed by atoms with van der Waals surface area (Å²) in [6.07, 6.45) is 8.88. The highest BCUT2D eigenvalue weighted by atomic mass is 16.2. The van der Waals surface area contributed by atoms with Crippen molar-refractivity contribution in [3.8, 4) is 0 Å². The molecule has 0 aromatic heterocycles. The Labute approximate surface area is 106 Å². The molecule has 3 nitrogen and oxygen atoms in total. The second-order valence-corrected chi connectivity index (χ2v) is 5.26. The third-order valence-corrected chi connectivity index (χ3v) is 3.41. The normalized spacial score (nSPS) is 16.8. The zero-order chi connectivity index (χ0) is 12.5. The molecule has 17 heavy (non-hydrogen) atoms. The van der Waals surface area contributed by atoms with Crippen LogP contribution in [0.1, 0.15) is 58.8 Å². The average Bonchev–Trinajstić information content (AvgIpc) is 3.13. The molecule has 1 saturated carbocycles. The highest BCUT2D eigenvalue weighted by Gasteiger charge is 2.20. The molecular formula is C14H28N2O. The van der Waals surface area contributed by atoms with Gasteiger partial charge in [-0.15, -0.1) is 0 Å². The summed E-state index contributed by atoms with van der Waals surface area (Å²) >= 11 is 0. The Bertz CT molecular complexity index is 214. The molecule has 0 spiro atoms. The molecule has 0 radical (unpaired) electrons. The minimum atomic E-state index is -0.0455. The van der Waals surface area contributed by atoms with Crippen LogP contribution in [0.4, 0.5) is 0 Å². The van der Waals surface area contributed by atoms with Gasteiger partial charge in [0.15, 0.2) is 0 Å². The molecule has 3 heteroatoms. The lowest BCUT2D eigenvalue weighted by Crippen LogP contribution is -2.42. The Morgan fingerprint density at radius 3 is 2.65 bits per heavy atom. The first-order valence-electron chi connectivity index (χ1n) is 7.25. The summed E-state index contributed by atoms with van der Waals surface area (Å²) in [4.78, 5) is 11.7. The standard InChI is InChI=1S/C14H28N2O/c1-3-4-5-10-16-14(17)12(2)15-11-6-7-13-8-9-13/h12-13,15H,3-11H2,1-2H3,(H,16,17). The minimum Gasteiger partial charge on any atom is -0.355 e. The summed E-state index contributed by atoms with van der Waals surface area (Å²) in [5.41, 5.74) is 0. The van der Waals surface area contributed by atoms with Gasteiger partial charge in [-0.25, -0.2) is 0 Å². The molecule has 0 heterocycles. The molecule has 1 unspecified atom stereocenters. The third kappa shape index (κ3) is 7.37. The average molecular weight is 240 g/mol. The number of hydrogen-bond donors (Lipinski definition) is 2. The van der Waals surface area contributed by atoms with Gasteiger partial charge in [-0.2, -0.15) is 0 Å². The highest BCUT2D eigenvalue weighted by molar-refractivity contribution is 5.81. The molecule has 0 saturated heterocycles. The van der Waals surface area contributed by atoms with Crippen LogP contribution in [0.25, 0.3) is 0 Å². The maximum absolute atomic E-state index is 11.7. The molecule has 1 atom stereocenters. The van der Waals surface area contributed by atoms with E-state index in [9.17, 15) is 4.79 Å². The lowest BCUT2D eigenvalue weighted by Gasteiger charge is -2.13. The van der Waals surface area contributed by atoms with Crippen molar-refractivity contribution >= 4 is 5.91 Å². The summed E-state index contributed by atoms with van der Waals surface area (Å²) in [6, 6.07) is -0.0455. The summed E-state index contributed by atoms with van der Waals surface area (Å²) in [6.45, 7) is 5.92. The van der Waals surface area contributed by atoms with Crippen LogP contribution in [-0.2, 0) is 4.79 Å². The van der Waals surface area contributed by atoms with E-state index in [1.807, 2.05) is 6.92 Å². The van der Waals surface area contributed by atoms with Crippen LogP contribution in [0.15, 0.2) is 0 Å². The van der Waals surface area contributed by atoms with Gasteiger partial charge >= 0.3 is 0 Å². The van der Waals surface area contributed by atoms with Gasteiger partial charge in [-0.3, -0.25) is 4.79 Å². The van der Waals surface area contributed by atoms with Gasteiger partial charge in [-0.05, 0) is 38.6 Å². The number of nitrogens with one attached hydrogen (secondary N) is 2. The van der Waals surface area contributed by atoms with E-state index in [0.29, 0.717) is 0 Å². The number of hydrogen-bond acceptors (Lipinski definition) is 2. The molecule has 1 fully saturated rings. The lowest BCUT2D eigenvalue weighted by molar-refractivity contribution is -0.122. The Balaban J connectivity index is 1.92. The third-order valence-electron chi connectivity index (χ3n) is 3.41.